The number of piperidine rings is 2. The summed E-state index contributed by atoms with van der Waals surface area (Å²) in [5.41, 5.74) is 1.19. The molecule has 0 unspecified atom stereocenters. The summed E-state index contributed by atoms with van der Waals surface area (Å²) in [7, 11) is 4.26. The van der Waals surface area contributed by atoms with E-state index in [1.165, 1.54) is 17.7 Å². The van der Waals surface area contributed by atoms with Crippen LogP contribution in [0, 0.1) is 11.7 Å². The molecule has 4 nitrogen and oxygen atoms in total. The number of halogens is 1. The Morgan fingerprint density at radius 3 is 2.31 bits per heavy atom. The molecule has 3 rings (SSSR count). The summed E-state index contributed by atoms with van der Waals surface area (Å²) < 4.78 is 13.0. The molecule has 26 heavy (non-hydrogen) atoms. The van der Waals surface area contributed by atoms with Crippen molar-refractivity contribution in [2.24, 2.45) is 5.92 Å². The fourth-order valence-electron chi connectivity index (χ4n) is 4.22. The molecule has 2 fully saturated rings. The van der Waals surface area contributed by atoms with E-state index >= 15 is 0 Å². The lowest BCUT2D eigenvalue weighted by atomic mass is 9.90. The first-order chi connectivity index (χ1) is 12.5. The van der Waals surface area contributed by atoms with Crippen LogP contribution in [0.5, 0.6) is 0 Å². The zero-order valence-electron chi connectivity index (χ0n) is 16.2. The minimum atomic E-state index is -0.178. The van der Waals surface area contributed by atoms with E-state index < -0.39 is 0 Å². The maximum Gasteiger partial charge on any atom is 0.236 e. The van der Waals surface area contributed by atoms with E-state index in [4.69, 9.17) is 0 Å². The first kappa shape index (κ1) is 19.3. The van der Waals surface area contributed by atoms with Gasteiger partial charge in [-0.1, -0.05) is 12.1 Å². The number of carbonyl (C=O) groups excluding carboxylic acids is 1. The third-order valence-corrected chi connectivity index (χ3v) is 6.10. The molecular formula is C21H32FN3O. The summed E-state index contributed by atoms with van der Waals surface area (Å²) in [6, 6.07) is 7.36. The molecule has 0 atom stereocenters. The molecule has 0 bridgehead atoms. The molecule has 0 spiro atoms. The van der Waals surface area contributed by atoms with Crippen LogP contribution >= 0.6 is 0 Å². The highest BCUT2D eigenvalue weighted by Gasteiger charge is 2.26. The summed E-state index contributed by atoms with van der Waals surface area (Å²) in [5.74, 6) is 0.686. The van der Waals surface area contributed by atoms with Gasteiger partial charge in [-0.2, -0.15) is 0 Å². The van der Waals surface area contributed by atoms with Crippen LogP contribution in [0.4, 0.5) is 4.39 Å². The molecule has 2 heterocycles. The second-order valence-electron chi connectivity index (χ2n) is 8.10. The van der Waals surface area contributed by atoms with Gasteiger partial charge in [-0.25, -0.2) is 4.39 Å². The van der Waals surface area contributed by atoms with Gasteiger partial charge in [0.15, 0.2) is 0 Å². The van der Waals surface area contributed by atoms with Crippen molar-refractivity contribution in [3.63, 3.8) is 0 Å². The minimum Gasteiger partial charge on any atom is -0.342 e. The third kappa shape index (κ3) is 5.27. The Labute approximate surface area is 157 Å². The molecule has 2 saturated heterocycles. The van der Waals surface area contributed by atoms with E-state index in [1.807, 2.05) is 17.0 Å². The van der Waals surface area contributed by atoms with Crippen LogP contribution in [0.1, 0.15) is 31.2 Å². The van der Waals surface area contributed by atoms with Gasteiger partial charge in [0.05, 0.1) is 6.54 Å². The average Bonchev–Trinajstić information content (AvgIpc) is 2.64. The van der Waals surface area contributed by atoms with E-state index in [-0.39, 0.29) is 11.7 Å². The van der Waals surface area contributed by atoms with Crippen molar-refractivity contribution >= 4 is 5.91 Å². The van der Waals surface area contributed by atoms with E-state index in [2.05, 4.69) is 23.9 Å². The van der Waals surface area contributed by atoms with Gasteiger partial charge in [0.25, 0.3) is 0 Å². The summed E-state index contributed by atoms with van der Waals surface area (Å²) in [6.45, 7) is 4.49. The van der Waals surface area contributed by atoms with Gasteiger partial charge in [-0.3, -0.25) is 9.69 Å². The molecule has 144 valence electrons. The van der Waals surface area contributed by atoms with Gasteiger partial charge in [0, 0.05) is 19.1 Å². The van der Waals surface area contributed by atoms with Gasteiger partial charge < -0.3 is 9.80 Å². The number of amides is 1. The largest absolute Gasteiger partial charge is 0.342 e. The van der Waals surface area contributed by atoms with Gasteiger partial charge in [0.1, 0.15) is 5.82 Å². The Morgan fingerprint density at radius 1 is 1.08 bits per heavy atom. The molecule has 0 radical (unpaired) electrons. The summed E-state index contributed by atoms with van der Waals surface area (Å²) in [4.78, 5) is 19.3. The summed E-state index contributed by atoms with van der Waals surface area (Å²) >= 11 is 0. The fourth-order valence-corrected chi connectivity index (χ4v) is 4.22. The molecule has 0 N–H and O–H groups in total. The topological polar surface area (TPSA) is 26.8 Å². The average molecular weight is 362 g/mol. The number of likely N-dealkylation sites (tertiary alicyclic amines) is 2. The predicted molar refractivity (Wildman–Crippen MR) is 103 cm³/mol. The van der Waals surface area contributed by atoms with E-state index in [0.29, 0.717) is 18.5 Å². The lowest BCUT2D eigenvalue weighted by Crippen LogP contribution is -2.48. The Bertz CT molecular complexity index is 575. The summed E-state index contributed by atoms with van der Waals surface area (Å²) in [5, 5.41) is 0. The van der Waals surface area contributed by atoms with Crippen LogP contribution in [0.15, 0.2) is 24.3 Å². The van der Waals surface area contributed by atoms with Crippen LogP contribution < -0.4 is 0 Å². The number of likely N-dealkylation sites (N-methyl/N-ethyl adjacent to an activating group) is 1. The first-order valence-electron chi connectivity index (χ1n) is 9.92. The highest BCUT2D eigenvalue weighted by molar-refractivity contribution is 5.78. The molecule has 1 aromatic carbocycles. The smallest absolute Gasteiger partial charge is 0.236 e. The van der Waals surface area contributed by atoms with Gasteiger partial charge >= 0.3 is 0 Å². The Hall–Kier alpha value is -1.46. The normalized spacial score (nSPS) is 20.7. The van der Waals surface area contributed by atoms with Crippen molar-refractivity contribution in [3.8, 4) is 0 Å². The molecular weight excluding hydrogens is 329 g/mol. The molecule has 0 aliphatic carbocycles. The molecule has 5 heteroatoms. The van der Waals surface area contributed by atoms with Gasteiger partial charge in [-0.15, -0.1) is 0 Å². The lowest BCUT2D eigenvalue weighted by Gasteiger charge is -2.37. The Morgan fingerprint density at radius 2 is 1.69 bits per heavy atom. The molecule has 0 saturated carbocycles. The number of hydrogen-bond acceptors (Lipinski definition) is 3. The molecule has 1 aromatic rings. The van der Waals surface area contributed by atoms with Gasteiger partial charge in [0.2, 0.25) is 5.91 Å². The van der Waals surface area contributed by atoms with Crippen LogP contribution in [-0.2, 0) is 11.2 Å². The standard InChI is InChI=1S/C21H32FN3O/c1-23-11-9-20(10-12-23)24(2)16-21(26)25-13-7-18(8-14-25)15-17-3-5-19(22)6-4-17/h3-6,18,20H,7-16H2,1-2H3. The van der Waals surface area contributed by atoms with Crippen molar-refractivity contribution < 1.29 is 9.18 Å². The molecule has 2 aliphatic rings. The lowest BCUT2D eigenvalue weighted by molar-refractivity contribution is -0.134. The second-order valence-corrected chi connectivity index (χ2v) is 8.10. The van der Waals surface area contributed by atoms with Crippen molar-refractivity contribution in [1.29, 1.82) is 0 Å². The first-order valence-corrected chi connectivity index (χ1v) is 9.92. The third-order valence-electron chi connectivity index (χ3n) is 6.10. The number of carbonyl (C=O) groups is 1. The van der Waals surface area contributed by atoms with Crippen molar-refractivity contribution in [2.75, 3.05) is 46.8 Å². The Kier molecular flexibility index (Phi) is 6.65. The zero-order chi connectivity index (χ0) is 18.5. The van der Waals surface area contributed by atoms with E-state index in [1.54, 1.807) is 0 Å². The van der Waals surface area contributed by atoms with Crippen molar-refractivity contribution in [2.45, 2.75) is 38.1 Å². The molecule has 2 aliphatic heterocycles. The van der Waals surface area contributed by atoms with E-state index in [0.717, 1.165) is 58.3 Å². The number of benzene rings is 1. The quantitative estimate of drug-likeness (QED) is 0.807. The minimum absolute atomic E-state index is 0.178. The highest BCUT2D eigenvalue weighted by Crippen LogP contribution is 2.22. The maximum atomic E-state index is 13.0. The van der Waals surface area contributed by atoms with Crippen molar-refractivity contribution in [3.05, 3.63) is 35.6 Å². The monoisotopic (exact) mass is 361 g/mol. The van der Waals surface area contributed by atoms with Crippen LogP contribution in [0.25, 0.3) is 0 Å². The fraction of sp³-hybridized carbons (Fsp3) is 0.667. The van der Waals surface area contributed by atoms with Crippen LogP contribution in [0.3, 0.4) is 0 Å². The number of rotatable bonds is 5. The van der Waals surface area contributed by atoms with Gasteiger partial charge in [-0.05, 0) is 82.9 Å². The van der Waals surface area contributed by atoms with E-state index in [9.17, 15) is 9.18 Å². The second kappa shape index (κ2) is 8.96. The highest BCUT2D eigenvalue weighted by atomic mass is 19.1. The van der Waals surface area contributed by atoms with Crippen LogP contribution in [-0.4, -0.2) is 73.5 Å². The van der Waals surface area contributed by atoms with Crippen molar-refractivity contribution in [1.82, 2.24) is 14.7 Å². The summed E-state index contributed by atoms with van der Waals surface area (Å²) in [6.07, 6.45) is 5.37. The maximum absolute atomic E-state index is 13.0. The zero-order valence-corrected chi connectivity index (χ0v) is 16.2. The SMILES string of the molecule is CN1CCC(N(C)CC(=O)N2CCC(Cc3ccc(F)cc3)CC2)CC1. The number of hydrogen-bond donors (Lipinski definition) is 0. The predicted octanol–water partition coefficient (Wildman–Crippen LogP) is 2.63. The van der Waals surface area contributed by atoms with Crippen LogP contribution in [0.2, 0.25) is 0 Å². The Balaban J connectivity index is 1.41. The number of nitrogens with zero attached hydrogens (tertiary/aromatic N) is 3. The molecule has 1 amide bonds. The molecule has 0 aromatic heterocycles.